The van der Waals surface area contributed by atoms with Crippen LogP contribution < -0.4 is 5.32 Å². The first kappa shape index (κ1) is 12.4. The van der Waals surface area contributed by atoms with Crippen LogP contribution in [0.4, 0.5) is 13.2 Å². The summed E-state index contributed by atoms with van der Waals surface area (Å²) >= 11 is 0. The van der Waals surface area contributed by atoms with Crippen molar-refractivity contribution in [3.05, 3.63) is 35.4 Å². The quantitative estimate of drug-likeness (QED) is 0.848. The summed E-state index contributed by atoms with van der Waals surface area (Å²) in [7, 11) is 0. The highest BCUT2D eigenvalue weighted by molar-refractivity contribution is 5.27. The molecule has 1 aliphatic rings. The zero-order valence-corrected chi connectivity index (χ0v) is 9.72. The SMILES string of the molecule is CC(NC1CCC1)c1cccc(C(F)(F)F)c1. The molecule has 2 rings (SSSR count). The van der Waals surface area contributed by atoms with E-state index in [1.807, 2.05) is 6.92 Å². The first-order valence-electron chi connectivity index (χ1n) is 5.90. The van der Waals surface area contributed by atoms with Gasteiger partial charge in [-0.2, -0.15) is 13.2 Å². The fourth-order valence-electron chi connectivity index (χ4n) is 2.01. The Balaban J connectivity index is 2.09. The minimum Gasteiger partial charge on any atom is -0.307 e. The van der Waals surface area contributed by atoms with Gasteiger partial charge in [0.25, 0.3) is 0 Å². The van der Waals surface area contributed by atoms with E-state index in [1.165, 1.54) is 18.6 Å². The number of hydrogen-bond donors (Lipinski definition) is 1. The first-order chi connectivity index (χ1) is 7.97. The molecule has 1 aromatic carbocycles. The average molecular weight is 243 g/mol. The van der Waals surface area contributed by atoms with Crippen LogP contribution >= 0.6 is 0 Å². The Kier molecular flexibility index (Phi) is 3.43. The third-order valence-corrected chi connectivity index (χ3v) is 3.30. The molecule has 0 aliphatic heterocycles. The van der Waals surface area contributed by atoms with Crippen LogP contribution in [0.3, 0.4) is 0 Å². The van der Waals surface area contributed by atoms with Crippen molar-refractivity contribution >= 4 is 0 Å². The predicted molar refractivity (Wildman–Crippen MR) is 60.6 cm³/mol. The molecule has 1 unspecified atom stereocenters. The molecule has 0 aromatic heterocycles. The molecule has 1 nitrogen and oxygen atoms in total. The number of alkyl halides is 3. The Morgan fingerprint density at radius 1 is 1.29 bits per heavy atom. The van der Waals surface area contributed by atoms with Crippen LogP contribution in [0.25, 0.3) is 0 Å². The first-order valence-corrected chi connectivity index (χ1v) is 5.90. The van der Waals surface area contributed by atoms with Crippen LogP contribution in [0.15, 0.2) is 24.3 Å². The van der Waals surface area contributed by atoms with Crippen molar-refractivity contribution in [2.24, 2.45) is 0 Å². The Bertz CT molecular complexity index is 382. The molecule has 1 N–H and O–H groups in total. The van der Waals surface area contributed by atoms with Gasteiger partial charge in [-0.05, 0) is 37.5 Å². The van der Waals surface area contributed by atoms with Crippen molar-refractivity contribution in [3.8, 4) is 0 Å². The Morgan fingerprint density at radius 2 is 2.00 bits per heavy atom. The van der Waals surface area contributed by atoms with Gasteiger partial charge in [-0.3, -0.25) is 0 Å². The molecule has 0 amide bonds. The lowest BCUT2D eigenvalue weighted by Crippen LogP contribution is -2.36. The lowest BCUT2D eigenvalue weighted by molar-refractivity contribution is -0.137. The van der Waals surface area contributed by atoms with Gasteiger partial charge in [-0.15, -0.1) is 0 Å². The van der Waals surface area contributed by atoms with Crippen LogP contribution in [-0.2, 0) is 6.18 Å². The minimum atomic E-state index is -4.26. The van der Waals surface area contributed by atoms with Gasteiger partial charge in [0, 0.05) is 12.1 Å². The second-order valence-corrected chi connectivity index (χ2v) is 4.64. The third kappa shape index (κ3) is 3.00. The second-order valence-electron chi connectivity index (χ2n) is 4.64. The summed E-state index contributed by atoms with van der Waals surface area (Å²) < 4.78 is 37.7. The highest BCUT2D eigenvalue weighted by atomic mass is 19.4. The number of rotatable bonds is 3. The molecule has 4 heteroatoms. The summed E-state index contributed by atoms with van der Waals surface area (Å²) in [5.41, 5.74) is 0.129. The molecule has 17 heavy (non-hydrogen) atoms. The molecule has 1 aliphatic carbocycles. The van der Waals surface area contributed by atoms with Gasteiger partial charge in [0.2, 0.25) is 0 Å². The molecular formula is C13H16F3N. The summed E-state index contributed by atoms with van der Waals surface area (Å²) in [4.78, 5) is 0. The fraction of sp³-hybridized carbons (Fsp3) is 0.538. The zero-order valence-electron chi connectivity index (χ0n) is 9.72. The van der Waals surface area contributed by atoms with Gasteiger partial charge in [-0.25, -0.2) is 0 Å². The molecule has 1 saturated carbocycles. The smallest absolute Gasteiger partial charge is 0.307 e. The van der Waals surface area contributed by atoms with Crippen molar-refractivity contribution in [3.63, 3.8) is 0 Å². The summed E-state index contributed by atoms with van der Waals surface area (Å²) in [5, 5.41) is 3.34. The van der Waals surface area contributed by atoms with Crippen molar-refractivity contribution < 1.29 is 13.2 Å². The zero-order chi connectivity index (χ0) is 12.5. The van der Waals surface area contributed by atoms with E-state index in [2.05, 4.69) is 5.32 Å². The molecular weight excluding hydrogens is 227 g/mol. The monoisotopic (exact) mass is 243 g/mol. The Labute approximate surface area is 99.0 Å². The molecule has 1 aromatic rings. The standard InChI is InChI=1S/C13H16F3N/c1-9(17-12-6-3-7-12)10-4-2-5-11(8-10)13(14,15)16/h2,4-5,8-9,12,17H,3,6-7H2,1H3. The van der Waals surface area contributed by atoms with E-state index >= 15 is 0 Å². The maximum absolute atomic E-state index is 12.6. The molecule has 0 saturated heterocycles. The van der Waals surface area contributed by atoms with E-state index in [4.69, 9.17) is 0 Å². The second kappa shape index (κ2) is 4.69. The number of hydrogen-bond acceptors (Lipinski definition) is 1. The molecule has 0 heterocycles. The minimum absolute atomic E-state index is 0.0254. The lowest BCUT2D eigenvalue weighted by Gasteiger charge is -2.30. The van der Waals surface area contributed by atoms with E-state index < -0.39 is 11.7 Å². The molecule has 94 valence electrons. The largest absolute Gasteiger partial charge is 0.416 e. The van der Waals surface area contributed by atoms with Crippen molar-refractivity contribution in [1.82, 2.24) is 5.32 Å². The van der Waals surface area contributed by atoms with E-state index in [1.54, 1.807) is 6.07 Å². The Morgan fingerprint density at radius 3 is 2.53 bits per heavy atom. The summed E-state index contributed by atoms with van der Waals surface area (Å²) in [6.07, 6.45) is -0.786. The number of nitrogens with one attached hydrogen (secondary N) is 1. The van der Waals surface area contributed by atoms with Gasteiger partial charge in [0.1, 0.15) is 0 Å². The van der Waals surface area contributed by atoms with Gasteiger partial charge in [-0.1, -0.05) is 18.6 Å². The van der Waals surface area contributed by atoms with Crippen LogP contribution in [0.2, 0.25) is 0 Å². The van der Waals surface area contributed by atoms with Crippen molar-refractivity contribution in [1.29, 1.82) is 0 Å². The fourth-order valence-corrected chi connectivity index (χ4v) is 2.01. The Hall–Kier alpha value is -1.03. The maximum atomic E-state index is 12.6. The van der Waals surface area contributed by atoms with Crippen molar-refractivity contribution in [2.45, 2.75) is 44.4 Å². The highest BCUT2D eigenvalue weighted by Crippen LogP contribution is 2.31. The van der Waals surface area contributed by atoms with Gasteiger partial charge >= 0.3 is 6.18 Å². The molecule has 0 bridgehead atoms. The van der Waals surface area contributed by atoms with E-state index in [9.17, 15) is 13.2 Å². The maximum Gasteiger partial charge on any atom is 0.416 e. The molecule has 0 spiro atoms. The molecule has 1 fully saturated rings. The van der Waals surface area contributed by atoms with Crippen molar-refractivity contribution in [2.75, 3.05) is 0 Å². The normalized spacial score (nSPS) is 18.8. The van der Waals surface area contributed by atoms with Gasteiger partial charge in [0.05, 0.1) is 5.56 Å². The topological polar surface area (TPSA) is 12.0 Å². The van der Waals surface area contributed by atoms with Crippen LogP contribution in [0, 0.1) is 0 Å². The highest BCUT2D eigenvalue weighted by Gasteiger charge is 2.31. The van der Waals surface area contributed by atoms with E-state index in [0.29, 0.717) is 11.6 Å². The number of benzene rings is 1. The van der Waals surface area contributed by atoms with E-state index in [-0.39, 0.29) is 6.04 Å². The summed E-state index contributed by atoms with van der Waals surface area (Å²) in [6.45, 7) is 1.91. The summed E-state index contributed by atoms with van der Waals surface area (Å²) in [5.74, 6) is 0. The van der Waals surface area contributed by atoms with Crippen LogP contribution in [0.1, 0.15) is 43.4 Å². The molecule has 0 radical (unpaired) electrons. The lowest BCUT2D eigenvalue weighted by atomic mass is 9.91. The van der Waals surface area contributed by atoms with Crippen LogP contribution in [0.5, 0.6) is 0 Å². The van der Waals surface area contributed by atoms with Crippen LogP contribution in [-0.4, -0.2) is 6.04 Å². The van der Waals surface area contributed by atoms with Gasteiger partial charge < -0.3 is 5.32 Å². The predicted octanol–water partition coefficient (Wildman–Crippen LogP) is 3.91. The third-order valence-electron chi connectivity index (χ3n) is 3.30. The molecule has 1 atom stereocenters. The average Bonchev–Trinajstić information content (AvgIpc) is 2.22. The number of halogens is 3. The van der Waals surface area contributed by atoms with Gasteiger partial charge in [0.15, 0.2) is 0 Å². The van der Waals surface area contributed by atoms with E-state index in [0.717, 1.165) is 18.9 Å². The summed E-state index contributed by atoms with van der Waals surface area (Å²) in [6, 6.07) is 6.00.